The van der Waals surface area contributed by atoms with Gasteiger partial charge in [-0.15, -0.1) is 11.3 Å². The highest BCUT2D eigenvalue weighted by molar-refractivity contribution is 7.13. The van der Waals surface area contributed by atoms with Crippen LogP contribution >= 0.6 is 11.3 Å². The van der Waals surface area contributed by atoms with E-state index < -0.39 is 11.9 Å². The SMILES string of the molecule is CC(Cc1ncc(-c2cccs2)[nH]1)C(=O)O. The second-order valence-corrected chi connectivity index (χ2v) is 4.61. The fourth-order valence-electron chi connectivity index (χ4n) is 1.40. The monoisotopic (exact) mass is 236 g/mol. The quantitative estimate of drug-likeness (QED) is 0.856. The number of hydrogen-bond donors (Lipinski definition) is 2. The van der Waals surface area contributed by atoms with Crippen LogP contribution in [0.1, 0.15) is 12.7 Å². The Morgan fingerprint density at radius 2 is 2.50 bits per heavy atom. The van der Waals surface area contributed by atoms with Gasteiger partial charge in [0.05, 0.1) is 22.7 Å². The summed E-state index contributed by atoms with van der Waals surface area (Å²) in [6.07, 6.45) is 2.18. The molecule has 1 atom stereocenters. The second-order valence-electron chi connectivity index (χ2n) is 3.66. The molecule has 0 saturated carbocycles. The van der Waals surface area contributed by atoms with Crippen molar-refractivity contribution in [1.82, 2.24) is 9.97 Å². The lowest BCUT2D eigenvalue weighted by Gasteiger charge is -2.01. The zero-order valence-corrected chi connectivity index (χ0v) is 9.62. The van der Waals surface area contributed by atoms with Gasteiger partial charge in [-0.1, -0.05) is 13.0 Å². The minimum Gasteiger partial charge on any atom is -0.481 e. The Morgan fingerprint density at radius 3 is 3.12 bits per heavy atom. The van der Waals surface area contributed by atoms with Crippen LogP contribution in [0.15, 0.2) is 23.7 Å². The Kier molecular flexibility index (Phi) is 3.05. The van der Waals surface area contributed by atoms with Gasteiger partial charge in [-0.2, -0.15) is 0 Å². The average Bonchev–Trinajstić information content (AvgIpc) is 2.85. The summed E-state index contributed by atoms with van der Waals surface area (Å²) in [5.74, 6) is -0.491. The van der Waals surface area contributed by atoms with Crippen LogP contribution in [0.3, 0.4) is 0 Å². The first-order valence-corrected chi connectivity index (χ1v) is 5.85. The smallest absolute Gasteiger partial charge is 0.306 e. The van der Waals surface area contributed by atoms with Crippen LogP contribution in [0.5, 0.6) is 0 Å². The molecule has 4 nitrogen and oxygen atoms in total. The number of carboxylic acids is 1. The van der Waals surface area contributed by atoms with Crippen LogP contribution in [0.25, 0.3) is 10.6 Å². The Balaban J connectivity index is 2.11. The van der Waals surface area contributed by atoms with E-state index in [-0.39, 0.29) is 0 Å². The summed E-state index contributed by atoms with van der Waals surface area (Å²) in [5, 5.41) is 10.8. The molecular formula is C11H12N2O2S. The first-order chi connectivity index (χ1) is 7.66. The van der Waals surface area contributed by atoms with Gasteiger partial charge in [0.15, 0.2) is 0 Å². The standard InChI is InChI=1S/C11H12N2O2S/c1-7(11(14)15)5-10-12-6-8(13-10)9-3-2-4-16-9/h2-4,6-7H,5H2,1H3,(H,12,13)(H,14,15). The lowest BCUT2D eigenvalue weighted by Crippen LogP contribution is -2.12. The number of aromatic nitrogens is 2. The summed E-state index contributed by atoms with van der Waals surface area (Å²) in [4.78, 5) is 19.1. The summed E-state index contributed by atoms with van der Waals surface area (Å²) in [7, 11) is 0. The number of aromatic amines is 1. The number of carbonyl (C=O) groups is 1. The molecule has 0 fully saturated rings. The maximum atomic E-state index is 10.7. The Hall–Kier alpha value is -1.62. The lowest BCUT2D eigenvalue weighted by atomic mass is 10.1. The van der Waals surface area contributed by atoms with Crippen molar-refractivity contribution < 1.29 is 9.90 Å². The summed E-state index contributed by atoms with van der Waals surface area (Å²) < 4.78 is 0. The molecule has 0 aromatic carbocycles. The predicted molar refractivity (Wildman–Crippen MR) is 62.4 cm³/mol. The van der Waals surface area contributed by atoms with Crippen molar-refractivity contribution in [3.8, 4) is 10.6 Å². The van der Waals surface area contributed by atoms with E-state index in [9.17, 15) is 4.79 Å². The molecule has 2 aromatic rings. The summed E-state index contributed by atoms with van der Waals surface area (Å²) in [6, 6.07) is 3.98. The van der Waals surface area contributed by atoms with Gasteiger partial charge in [0.1, 0.15) is 5.82 Å². The summed E-state index contributed by atoms with van der Waals surface area (Å²) in [5.41, 5.74) is 0.947. The second kappa shape index (κ2) is 4.49. The molecule has 0 saturated heterocycles. The third-order valence-electron chi connectivity index (χ3n) is 2.34. The molecule has 0 radical (unpaired) electrons. The molecule has 0 amide bonds. The normalized spacial score (nSPS) is 12.6. The first-order valence-electron chi connectivity index (χ1n) is 4.97. The zero-order valence-electron chi connectivity index (χ0n) is 8.80. The molecule has 2 N–H and O–H groups in total. The Labute approximate surface area is 97.0 Å². The number of rotatable bonds is 4. The van der Waals surface area contributed by atoms with E-state index in [0.29, 0.717) is 6.42 Å². The maximum Gasteiger partial charge on any atom is 0.306 e. The van der Waals surface area contributed by atoms with E-state index in [4.69, 9.17) is 5.11 Å². The zero-order chi connectivity index (χ0) is 11.5. The van der Waals surface area contributed by atoms with E-state index in [2.05, 4.69) is 9.97 Å². The van der Waals surface area contributed by atoms with Gasteiger partial charge in [-0.05, 0) is 11.4 Å². The van der Waals surface area contributed by atoms with Crippen LogP contribution in [0.4, 0.5) is 0 Å². The molecule has 2 aromatic heterocycles. The number of nitrogens with zero attached hydrogens (tertiary/aromatic N) is 1. The molecule has 16 heavy (non-hydrogen) atoms. The van der Waals surface area contributed by atoms with Gasteiger partial charge in [0, 0.05) is 6.42 Å². The van der Waals surface area contributed by atoms with Crippen LogP contribution < -0.4 is 0 Å². The molecule has 0 spiro atoms. The van der Waals surface area contributed by atoms with Crippen LogP contribution in [0.2, 0.25) is 0 Å². The van der Waals surface area contributed by atoms with E-state index in [0.717, 1.165) is 16.4 Å². The lowest BCUT2D eigenvalue weighted by molar-refractivity contribution is -0.141. The van der Waals surface area contributed by atoms with E-state index >= 15 is 0 Å². The predicted octanol–water partition coefficient (Wildman–Crippen LogP) is 2.40. The van der Waals surface area contributed by atoms with Crippen molar-refractivity contribution in [2.75, 3.05) is 0 Å². The highest BCUT2D eigenvalue weighted by Gasteiger charge is 2.14. The maximum absolute atomic E-state index is 10.7. The summed E-state index contributed by atoms with van der Waals surface area (Å²) in [6.45, 7) is 1.68. The third-order valence-corrected chi connectivity index (χ3v) is 3.24. The average molecular weight is 236 g/mol. The van der Waals surface area contributed by atoms with Crippen molar-refractivity contribution >= 4 is 17.3 Å². The molecule has 5 heteroatoms. The topological polar surface area (TPSA) is 66.0 Å². The van der Waals surface area contributed by atoms with Gasteiger partial charge in [0.2, 0.25) is 0 Å². The fraction of sp³-hybridized carbons (Fsp3) is 0.273. The number of nitrogens with one attached hydrogen (secondary N) is 1. The van der Waals surface area contributed by atoms with Gasteiger partial charge >= 0.3 is 5.97 Å². The fourth-order valence-corrected chi connectivity index (χ4v) is 2.09. The molecule has 2 heterocycles. The van der Waals surface area contributed by atoms with E-state index in [1.807, 2.05) is 17.5 Å². The molecular weight excluding hydrogens is 224 g/mol. The minimum atomic E-state index is -0.797. The van der Waals surface area contributed by atoms with Gasteiger partial charge in [-0.25, -0.2) is 4.98 Å². The molecule has 0 aliphatic heterocycles. The number of aliphatic carboxylic acids is 1. The number of carboxylic acid groups (broad SMARTS) is 1. The number of hydrogen-bond acceptors (Lipinski definition) is 3. The molecule has 2 rings (SSSR count). The Bertz CT molecular complexity index is 476. The van der Waals surface area contributed by atoms with Crippen LogP contribution in [0, 0.1) is 5.92 Å². The molecule has 84 valence electrons. The molecule has 0 bridgehead atoms. The van der Waals surface area contributed by atoms with Crippen molar-refractivity contribution in [2.45, 2.75) is 13.3 Å². The largest absolute Gasteiger partial charge is 0.481 e. The van der Waals surface area contributed by atoms with E-state index in [1.165, 1.54) is 0 Å². The highest BCUT2D eigenvalue weighted by atomic mass is 32.1. The van der Waals surface area contributed by atoms with Crippen molar-refractivity contribution in [3.63, 3.8) is 0 Å². The molecule has 1 unspecified atom stereocenters. The van der Waals surface area contributed by atoms with Crippen molar-refractivity contribution in [1.29, 1.82) is 0 Å². The van der Waals surface area contributed by atoms with Gasteiger partial charge in [0.25, 0.3) is 0 Å². The molecule has 0 aliphatic rings. The van der Waals surface area contributed by atoms with E-state index in [1.54, 1.807) is 24.5 Å². The molecule has 0 aliphatic carbocycles. The number of imidazole rings is 1. The van der Waals surface area contributed by atoms with Gasteiger partial charge < -0.3 is 10.1 Å². The highest BCUT2D eigenvalue weighted by Crippen LogP contribution is 2.22. The van der Waals surface area contributed by atoms with Crippen molar-refractivity contribution in [3.05, 3.63) is 29.5 Å². The third kappa shape index (κ3) is 2.30. The van der Waals surface area contributed by atoms with Crippen LogP contribution in [-0.4, -0.2) is 21.0 Å². The Morgan fingerprint density at radius 1 is 1.69 bits per heavy atom. The number of thiophene rings is 1. The van der Waals surface area contributed by atoms with Crippen molar-refractivity contribution in [2.24, 2.45) is 5.92 Å². The number of H-pyrrole nitrogens is 1. The summed E-state index contributed by atoms with van der Waals surface area (Å²) >= 11 is 1.63. The minimum absolute atomic E-state index is 0.415. The first kappa shape index (κ1) is 10.9. The van der Waals surface area contributed by atoms with Crippen LogP contribution in [-0.2, 0) is 11.2 Å². The van der Waals surface area contributed by atoms with Gasteiger partial charge in [-0.3, -0.25) is 4.79 Å².